The minimum Gasteiger partial charge on any atom is -0.493 e. The summed E-state index contributed by atoms with van der Waals surface area (Å²) >= 11 is 7.91. The Labute approximate surface area is 176 Å². The van der Waals surface area contributed by atoms with Gasteiger partial charge in [-0.2, -0.15) is 0 Å². The molecule has 0 saturated heterocycles. The van der Waals surface area contributed by atoms with Crippen molar-refractivity contribution in [1.29, 1.82) is 0 Å². The number of amides is 1. The van der Waals surface area contributed by atoms with E-state index in [1.165, 1.54) is 13.3 Å². The Hall–Kier alpha value is -2.44. The van der Waals surface area contributed by atoms with E-state index in [1.54, 1.807) is 30.3 Å². The number of oxime groups is 1. The Bertz CT molecular complexity index is 863. The molecule has 2 aromatic carbocycles. The highest BCUT2D eigenvalue weighted by atomic mass is 127. The molecule has 6 nitrogen and oxygen atoms in total. The number of ether oxygens (including phenoxy) is 2. The van der Waals surface area contributed by atoms with E-state index in [2.05, 4.69) is 39.0 Å². The number of nitrogens with zero attached hydrogens (tertiary/aromatic N) is 1. The van der Waals surface area contributed by atoms with Crippen LogP contribution in [0, 0.1) is 15.9 Å². The summed E-state index contributed by atoms with van der Waals surface area (Å²) in [6.07, 6.45) is 6.69. The lowest BCUT2D eigenvalue weighted by Crippen LogP contribution is -2.16. The van der Waals surface area contributed by atoms with Crippen molar-refractivity contribution in [3.63, 3.8) is 0 Å². The number of hydrogen-bond donors (Lipinski definition) is 1. The maximum atomic E-state index is 11.8. The SMILES string of the molecule is C#CCOc1c(I)cc(C=NOCC(=O)Nc2ccc(Cl)cc2)cc1OC. The third-order valence-corrected chi connectivity index (χ3v) is 4.20. The lowest BCUT2D eigenvalue weighted by Gasteiger charge is -2.11. The minimum absolute atomic E-state index is 0.144. The molecular formula is C19H16ClIN2O4. The van der Waals surface area contributed by atoms with E-state index < -0.39 is 0 Å². The number of carbonyl (C=O) groups excluding carboxylic acids is 1. The summed E-state index contributed by atoms with van der Waals surface area (Å²) in [6.45, 7) is -0.0810. The maximum absolute atomic E-state index is 11.8. The predicted molar refractivity (Wildman–Crippen MR) is 114 cm³/mol. The molecule has 0 fully saturated rings. The van der Waals surface area contributed by atoms with Crippen LogP contribution in [0.25, 0.3) is 0 Å². The highest BCUT2D eigenvalue weighted by Crippen LogP contribution is 2.33. The average Bonchev–Trinajstić information content (AvgIpc) is 2.66. The number of hydrogen-bond acceptors (Lipinski definition) is 5. The molecule has 0 aliphatic rings. The molecule has 0 bridgehead atoms. The summed E-state index contributed by atoms with van der Waals surface area (Å²) in [7, 11) is 1.53. The Morgan fingerprint density at radius 1 is 1.37 bits per heavy atom. The van der Waals surface area contributed by atoms with Crippen molar-refractivity contribution in [2.45, 2.75) is 0 Å². The standard InChI is InChI=1S/C19H16ClIN2O4/c1-3-8-26-19-16(21)9-13(10-17(19)25-2)11-22-27-12-18(24)23-15-6-4-14(20)5-7-15/h1,4-7,9-11H,8,12H2,2H3,(H,23,24). The molecule has 0 aliphatic heterocycles. The van der Waals surface area contributed by atoms with Gasteiger partial charge in [-0.1, -0.05) is 22.7 Å². The highest BCUT2D eigenvalue weighted by molar-refractivity contribution is 14.1. The van der Waals surface area contributed by atoms with Gasteiger partial charge in [-0.25, -0.2) is 0 Å². The van der Waals surface area contributed by atoms with Crippen LogP contribution in [0.5, 0.6) is 11.5 Å². The zero-order chi connectivity index (χ0) is 19.6. The first-order chi connectivity index (χ1) is 13.0. The molecule has 2 aromatic rings. The minimum atomic E-state index is -0.334. The van der Waals surface area contributed by atoms with Gasteiger partial charge in [0.2, 0.25) is 0 Å². The van der Waals surface area contributed by atoms with Gasteiger partial charge < -0.3 is 19.6 Å². The molecule has 1 amide bonds. The molecule has 0 saturated carbocycles. The van der Waals surface area contributed by atoms with Crippen molar-refractivity contribution in [3.05, 3.63) is 50.6 Å². The third kappa shape index (κ3) is 6.66. The summed E-state index contributed by atoms with van der Waals surface area (Å²) in [6, 6.07) is 10.3. The quantitative estimate of drug-likeness (QED) is 0.259. The third-order valence-electron chi connectivity index (χ3n) is 3.15. The first-order valence-corrected chi connectivity index (χ1v) is 9.13. The number of halogens is 2. The second-order valence-corrected chi connectivity index (χ2v) is 6.69. The summed E-state index contributed by atoms with van der Waals surface area (Å²) in [5.74, 6) is 3.17. The van der Waals surface area contributed by atoms with Crippen LogP contribution < -0.4 is 14.8 Å². The Balaban J connectivity index is 1.91. The fourth-order valence-corrected chi connectivity index (χ4v) is 2.90. The van der Waals surface area contributed by atoms with Crippen LogP contribution in [0.15, 0.2) is 41.6 Å². The van der Waals surface area contributed by atoms with Crippen molar-refractivity contribution in [3.8, 4) is 23.8 Å². The first kappa shape index (κ1) is 20.9. The first-order valence-electron chi connectivity index (χ1n) is 7.68. The predicted octanol–water partition coefficient (Wildman–Crippen LogP) is 3.95. The van der Waals surface area contributed by atoms with E-state index >= 15 is 0 Å². The van der Waals surface area contributed by atoms with Crippen LogP contribution in [-0.4, -0.2) is 32.4 Å². The van der Waals surface area contributed by atoms with Gasteiger partial charge in [0.05, 0.1) is 16.9 Å². The molecule has 2 rings (SSSR count). The number of rotatable bonds is 8. The van der Waals surface area contributed by atoms with Crippen LogP contribution in [0.4, 0.5) is 5.69 Å². The summed E-state index contributed by atoms with van der Waals surface area (Å²) in [5.41, 5.74) is 1.35. The molecule has 0 spiro atoms. The van der Waals surface area contributed by atoms with Gasteiger partial charge in [-0.05, 0) is 59.0 Å². The van der Waals surface area contributed by atoms with Gasteiger partial charge in [0.1, 0.15) is 6.61 Å². The number of methoxy groups -OCH3 is 1. The molecule has 1 N–H and O–H groups in total. The molecule has 0 aromatic heterocycles. The van der Waals surface area contributed by atoms with E-state index in [0.29, 0.717) is 22.2 Å². The van der Waals surface area contributed by atoms with Gasteiger partial charge in [0, 0.05) is 16.3 Å². The molecule has 0 atom stereocenters. The zero-order valence-corrected chi connectivity index (χ0v) is 17.3. The molecular weight excluding hydrogens is 483 g/mol. The van der Waals surface area contributed by atoms with E-state index in [0.717, 1.165) is 9.13 Å². The van der Waals surface area contributed by atoms with E-state index in [-0.39, 0.29) is 19.1 Å². The monoisotopic (exact) mass is 498 g/mol. The van der Waals surface area contributed by atoms with E-state index in [9.17, 15) is 4.79 Å². The number of anilines is 1. The van der Waals surface area contributed by atoms with Crippen LogP contribution in [0.1, 0.15) is 5.56 Å². The topological polar surface area (TPSA) is 69.2 Å². The molecule has 0 heterocycles. The second-order valence-electron chi connectivity index (χ2n) is 5.09. The van der Waals surface area contributed by atoms with Crippen molar-refractivity contribution < 1.29 is 19.1 Å². The maximum Gasteiger partial charge on any atom is 0.265 e. The van der Waals surface area contributed by atoms with E-state index in [4.69, 9.17) is 32.3 Å². The van der Waals surface area contributed by atoms with Gasteiger partial charge in [-0.15, -0.1) is 6.42 Å². The van der Waals surface area contributed by atoms with Gasteiger partial charge in [0.15, 0.2) is 18.1 Å². The zero-order valence-electron chi connectivity index (χ0n) is 14.4. The summed E-state index contributed by atoms with van der Waals surface area (Å²) < 4.78 is 11.6. The van der Waals surface area contributed by atoms with Crippen molar-refractivity contribution >= 4 is 52.0 Å². The average molecular weight is 499 g/mol. The van der Waals surface area contributed by atoms with Crippen molar-refractivity contribution in [2.24, 2.45) is 5.16 Å². The summed E-state index contributed by atoms with van der Waals surface area (Å²) in [4.78, 5) is 16.8. The van der Waals surface area contributed by atoms with Crippen molar-refractivity contribution in [1.82, 2.24) is 0 Å². The lowest BCUT2D eigenvalue weighted by molar-refractivity contribution is -0.120. The van der Waals surface area contributed by atoms with Crippen LogP contribution in [0.3, 0.4) is 0 Å². The second kappa shape index (κ2) is 10.6. The number of nitrogens with one attached hydrogen (secondary N) is 1. The molecule has 140 valence electrons. The molecule has 8 heteroatoms. The van der Waals surface area contributed by atoms with Crippen molar-refractivity contribution in [2.75, 3.05) is 25.6 Å². The van der Waals surface area contributed by atoms with Crippen LogP contribution >= 0.6 is 34.2 Å². The molecule has 0 aliphatic carbocycles. The summed E-state index contributed by atoms with van der Waals surface area (Å²) in [5, 5.41) is 7.07. The van der Waals surface area contributed by atoms with Gasteiger partial charge >= 0.3 is 0 Å². The van der Waals surface area contributed by atoms with Crippen LogP contribution in [-0.2, 0) is 9.63 Å². The Morgan fingerprint density at radius 2 is 2.11 bits per heavy atom. The number of benzene rings is 2. The smallest absolute Gasteiger partial charge is 0.265 e. The fraction of sp³-hybridized carbons (Fsp3) is 0.158. The molecule has 0 unspecified atom stereocenters. The number of carbonyl (C=O) groups is 1. The highest BCUT2D eigenvalue weighted by Gasteiger charge is 2.11. The Kier molecular flexibility index (Phi) is 8.23. The Morgan fingerprint density at radius 3 is 2.78 bits per heavy atom. The van der Waals surface area contributed by atoms with Gasteiger partial charge in [0.25, 0.3) is 5.91 Å². The van der Waals surface area contributed by atoms with Crippen LogP contribution in [0.2, 0.25) is 5.02 Å². The normalized spacial score (nSPS) is 10.3. The molecule has 0 radical (unpaired) electrons. The van der Waals surface area contributed by atoms with Gasteiger partial charge in [-0.3, -0.25) is 4.79 Å². The van der Waals surface area contributed by atoms with E-state index in [1.807, 2.05) is 6.07 Å². The lowest BCUT2D eigenvalue weighted by atomic mass is 10.2. The largest absolute Gasteiger partial charge is 0.493 e. The number of terminal acetylenes is 1. The fourth-order valence-electron chi connectivity index (χ4n) is 1.99. The molecule has 27 heavy (non-hydrogen) atoms.